The standard InChI is InChI=1S/C21H15Cl2N3O3S/c1-11-20(13-3-6-17-16(8-13)24-19(28)10-29-17)26-21(30-11)25-18(27)7-4-12-2-5-14(22)9-15(12)23/h2-9H,10H2,1H3,(H,24,28)(H,25,26,27)/b7-4+. The van der Waals surface area contributed by atoms with E-state index in [9.17, 15) is 9.59 Å². The number of nitrogens with zero attached hydrogens (tertiary/aromatic N) is 1. The number of amides is 2. The number of thiazole rings is 1. The van der Waals surface area contributed by atoms with E-state index in [0.29, 0.717) is 32.2 Å². The summed E-state index contributed by atoms with van der Waals surface area (Å²) in [6.07, 6.45) is 3.00. The molecule has 0 unspecified atom stereocenters. The lowest BCUT2D eigenvalue weighted by Crippen LogP contribution is -2.25. The van der Waals surface area contributed by atoms with E-state index in [0.717, 1.165) is 16.1 Å². The van der Waals surface area contributed by atoms with Gasteiger partial charge in [-0.2, -0.15) is 0 Å². The van der Waals surface area contributed by atoms with Crippen LogP contribution in [0, 0.1) is 6.92 Å². The Bertz CT molecular complexity index is 1190. The number of hydrogen-bond acceptors (Lipinski definition) is 5. The summed E-state index contributed by atoms with van der Waals surface area (Å²) >= 11 is 13.4. The molecule has 1 aliphatic heterocycles. The molecule has 30 heavy (non-hydrogen) atoms. The van der Waals surface area contributed by atoms with Gasteiger partial charge < -0.3 is 10.1 Å². The molecular weight excluding hydrogens is 445 g/mol. The molecule has 2 N–H and O–H groups in total. The Hall–Kier alpha value is -2.87. The van der Waals surface area contributed by atoms with Gasteiger partial charge in [-0.05, 0) is 48.9 Å². The molecule has 0 aliphatic carbocycles. The molecule has 4 rings (SSSR count). The number of anilines is 2. The van der Waals surface area contributed by atoms with Crippen LogP contribution < -0.4 is 15.4 Å². The summed E-state index contributed by atoms with van der Waals surface area (Å²) in [5.74, 6) is 0.0911. The maximum Gasteiger partial charge on any atom is 0.262 e. The molecule has 0 saturated carbocycles. The van der Waals surface area contributed by atoms with Gasteiger partial charge in [0, 0.05) is 26.6 Å². The third-order valence-corrected chi connectivity index (χ3v) is 5.74. The Labute approximate surface area is 186 Å². The summed E-state index contributed by atoms with van der Waals surface area (Å²) in [5.41, 5.74) is 2.83. The summed E-state index contributed by atoms with van der Waals surface area (Å²) < 4.78 is 5.38. The van der Waals surface area contributed by atoms with Gasteiger partial charge in [-0.25, -0.2) is 4.98 Å². The first-order valence-electron chi connectivity index (χ1n) is 8.87. The molecule has 6 nitrogen and oxygen atoms in total. The highest BCUT2D eigenvalue weighted by atomic mass is 35.5. The first-order chi connectivity index (χ1) is 14.4. The quantitative estimate of drug-likeness (QED) is 0.511. The zero-order chi connectivity index (χ0) is 21.3. The normalized spacial score (nSPS) is 13.0. The second-order valence-electron chi connectivity index (χ2n) is 6.46. The molecule has 1 aliphatic rings. The summed E-state index contributed by atoms with van der Waals surface area (Å²) in [4.78, 5) is 29.3. The summed E-state index contributed by atoms with van der Waals surface area (Å²) in [7, 11) is 0. The van der Waals surface area contributed by atoms with E-state index in [1.54, 1.807) is 30.3 Å². The molecule has 2 amide bonds. The molecule has 2 aromatic carbocycles. The maximum absolute atomic E-state index is 12.3. The molecule has 0 radical (unpaired) electrons. The average molecular weight is 460 g/mol. The van der Waals surface area contributed by atoms with Crippen LogP contribution in [0.5, 0.6) is 5.75 Å². The van der Waals surface area contributed by atoms with E-state index in [-0.39, 0.29) is 18.4 Å². The monoisotopic (exact) mass is 459 g/mol. The number of carbonyl (C=O) groups is 2. The van der Waals surface area contributed by atoms with Crippen LogP contribution in [-0.2, 0) is 9.59 Å². The van der Waals surface area contributed by atoms with Crippen molar-refractivity contribution in [3.8, 4) is 17.0 Å². The topological polar surface area (TPSA) is 80.3 Å². The second-order valence-corrected chi connectivity index (χ2v) is 8.51. The molecular formula is C21H15Cl2N3O3S. The lowest BCUT2D eigenvalue weighted by molar-refractivity contribution is -0.118. The Balaban J connectivity index is 1.50. The van der Waals surface area contributed by atoms with Gasteiger partial charge in [0.05, 0.1) is 11.4 Å². The van der Waals surface area contributed by atoms with Crippen molar-refractivity contribution in [1.82, 2.24) is 4.98 Å². The van der Waals surface area contributed by atoms with Gasteiger partial charge in [0.1, 0.15) is 5.75 Å². The average Bonchev–Trinajstić information content (AvgIpc) is 3.06. The van der Waals surface area contributed by atoms with Gasteiger partial charge in [-0.3, -0.25) is 14.9 Å². The van der Waals surface area contributed by atoms with Gasteiger partial charge in [0.2, 0.25) is 5.91 Å². The van der Waals surface area contributed by atoms with Crippen molar-refractivity contribution in [3.63, 3.8) is 0 Å². The van der Waals surface area contributed by atoms with E-state index in [1.165, 1.54) is 17.4 Å². The lowest BCUT2D eigenvalue weighted by Gasteiger charge is -2.18. The Morgan fingerprint density at radius 3 is 2.90 bits per heavy atom. The van der Waals surface area contributed by atoms with Crippen molar-refractivity contribution in [2.24, 2.45) is 0 Å². The molecule has 152 valence electrons. The maximum atomic E-state index is 12.3. The SMILES string of the molecule is Cc1sc(NC(=O)/C=C/c2ccc(Cl)cc2Cl)nc1-c1ccc2c(c1)NC(=O)CO2. The fourth-order valence-electron chi connectivity index (χ4n) is 2.90. The van der Waals surface area contributed by atoms with E-state index < -0.39 is 0 Å². The Kier molecular flexibility index (Phi) is 5.76. The smallest absolute Gasteiger partial charge is 0.262 e. The third-order valence-electron chi connectivity index (χ3n) is 4.29. The fourth-order valence-corrected chi connectivity index (χ4v) is 4.21. The third kappa shape index (κ3) is 4.48. The summed E-state index contributed by atoms with van der Waals surface area (Å²) in [6.45, 7) is 1.92. The van der Waals surface area contributed by atoms with Crippen molar-refractivity contribution in [2.45, 2.75) is 6.92 Å². The first kappa shape index (κ1) is 20.4. The highest BCUT2D eigenvalue weighted by Crippen LogP contribution is 2.36. The second kappa shape index (κ2) is 8.47. The highest BCUT2D eigenvalue weighted by molar-refractivity contribution is 7.16. The van der Waals surface area contributed by atoms with E-state index in [4.69, 9.17) is 27.9 Å². The summed E-state index contributed by atoms with van der Waals surface area (Å²) in [6, 6.07) is 10.5. The lowest BCUT2D eigenvalue weighted by atomic mass is 10.1. The van der Waals surface area contributed by atoms with Crippen molar-refractivity contribution in [2.75, 3.05) is 17.2 Å². The number of hydrogen-bond donors (Lipinski definition) is 2. The predicted molar refractivity (Wildman–Crippen MR) is 121 cm³/mol. The van der Waals surface area contributed by atoms with Crippen molar-refractivity contribution < 1.29 is 14.3 Å². The molecule has 0 saturated heterocycles. The van der Waals surface area contributed by atoms with Crippen LogP contribution in [0.1, 0.15) is 10.4 Å². The van der Waals surface area contributed by atoms with Gasteiger partial charge in [-0.1, -0.05) is 29.3 Å². The van der Waals surface area contributed by atoms with E-state index in [2.05, 4.69) is 15.6 Å². The van der Waals surface area contributed by atoms with E-state index in [1.807, 2.05) is 19.1 Å². The number of benzene rings is 2. The van der Waals surface area contributed by atoms with Crippen molar-refractivity contribution in [3.05, 3.63) is 63.0 Å². The van der Waals surface area contributed by atoms with Crippen LogP contribution in [0.4, 0.5) is 10.8 Å². The van der Waals surface area contributed by atoms with Crippen LogP contribution in [0.2, 0.25) is 10.0 Å². The van der Waals surface area contributed by atoms with Crippen LogP contribution in [0.15, 0.2) is 42.5 Å². The highest BCUT2D eigenvalue weighted by Gasteiger charge is 2.18. The number of nitrogens with one attached hydrogen (secondary N) is 2. The molecule has 0 spiro atoms. The molecule has 3 aromatic rings. The molecule has 9 heteroatoms. The molecule has 0 atom stereocenters. The number of fused-ring (bicyclic) bond motifs is 1. The van der Waals surface area contributed by atoms with Crippen LogP contribution in [0.25, 0.3) is 17.3 Å². The van der Waals surface area contributed by atoms with Gasteiger partial charge in [-0.15, -0.1) is 11.3 Å². The van der Waals surface area contributed by atoms with Gasteiger partial charge in [0.25, 0.3) is 5.91 Å². The van der Waals surface area contributed by atoms with Crippen molar-refractivity contribution in [1.29, 1.82) is 0 Å². The number of rotatable bonds is 4. The molecule has 2 heterocycles. The molecule has 0 fully saturated rings. The van der Waals surface area contributed by atoms with E-state index >= 15 is 0 Å². The fraction of sp³-hybridized carbons (Fsp3) is 0.0952. The largest absolute Gasteiger partial charge is 0.482 e. The van der Waals surface area contributed by atoms with Crippen molar-refractivity contribution >= 4 is 63.2 Å². The first-order valence-corrected chi connectivity index (χ1v) is 10.4. The minimum atomic E-state index is -0.326. The molecule has 1 aromatic heterocycles. The number of aromatic nitrogens is 1. The number of ether oxygens (including phenoxy) is 1. The number of halogens is 2. The molecule has 0 bridgehead atoms. The Morgan fingerprint density at radius 1 is 1.27 bits per heavy atom. The minimum absolute atomic E-state index is 0.00695. The number of carbonyl (C=O) groups excluding carboxylic acids is 2. The van der Waals surface area contributed by atoms with Gasteiger partial charge in [0.15, 0.2) is 11.7 Å². The minimum Gasteiger partial charge on any atom is -0.482 e. The Morgan fingerprint density at radius 2 is 2.10 bits per heavy atom. The van der Waals surface area contributed by atoms with Crippen LogP contribution in [0.3, 0.4) is 0 Å². The van der Waals surface area contributed by atoms with Gasteiger partial charge >= 0.3 is 0 Å². The zero-order valence-electron chi connectivity index (χ0n) is 15.7. The predicted octanol–water partition coefficient (Wildman–Crippen LogP) is 5.41. The summed E-state index contributed by atoms with van der Waals surface area (Å²) in [5, 5.41) is 7.00. The number of aryl methyl sites for hydroxylation is 1. The van der Waals surface area contributed by atoms with Crippen LogP contribution in [-0.4, -0.2) is 23.4 Å². The zero-order valence-corrected chi connectivity index (χ0v) is 18.0. The van der Waals surface area contributed by atoms with Crippen LogP contribution >= 0.6 is 34.5 Å².